The molecule has 0 radical (unpaired) electrons. The fraction of sp³-hybridized carbons (Fsp3) is 0.636. The fourth-order valence-electron chi connectivity index (χ4n) is 1.77. The van der Waals surface area contributed by atoms with Crippen molar-refractivity contribution in [3.05, 3.63) is 17.2 Å². The Kier molecular flexibility index (Phi) is 2.79. The average molecular weight is 238 g/mol. The minimum absolute atomic E-state index is 0.638. The second-order valence-electron chi connectivity index (χ2n) is 4.20. The fourth-order valence-corrected chi connectivity index (χ4v) is 4.16. The van der Waals surface area contributed by atoms with E-state index in [4.69, 9.17) is 0 Å². The van der Waals surface area contributed by atoms with Crippen LogP contribution in [0.3, 0.4) is 0 Å². The second-order valence-corrected chi connectivity index (χ2v) is 6.69. The summed E-state index contributed by atoms with van der Waals surface area (Å²) >= 11 is 3.69. The van der Waals surface area contributed by atoms with Crippen molar-refractivity contribution in [2.24, 2.45) is 0 Å². The van der Waals surface area contributed by atoms with Gasteiger partial charge in [-0.3, -0.25) is 0 Å². The summed E-state index contributed by atoms with van der Waals surface area (Å²) < 4.78 is 1.16. The normalized spacial score (nSPS) is 25.7. The van der Waals surface area contributed by atoms with Crippen LogP contribution in [0.5, 0.6) is 0 Å². The van der Waals surface area contributed by atoms with E-state index in [1.54, 1.807) is 11.3 Å². The van der Waals surface area contributed by atoms with Gasteiger partial charge in [0.15, 0.2) is 4.34 Å². The van der Waals surface area contributed by atoms with Crippen molar-refractivity contribution in [1.29, 1.82) is 0 Å². The maximum absolute atomic E-state index is 4.27. The van der Waals surface area contributed by atoms with Crippen LogP contribution in [-0.2, 0) is 0 Å². The van der Waals surface area contributed by atoms with Crippen LogP contribution in [-0.4, -0.2) is 15.4 Å². The molecule has 0 bridgehead atoms. The summed E-state index contributed by atoms with van der Waals surface area (Å²) in [6.45, 7) is 0. The second kappa shape index (κ2) is 4.26. The molecule has 0 unspecified atom stereocenters. The average Bonchev–Trinajstić information content (AvgIpc) is 3.02. The van der Waals surface area contributed by atoms with E-state index in [0.717, 1.165) is 10.3 Å². The number of allylic oxidation sites excluding steroid dienone is 1. The van der Waals surface area contributed by atoms with Gasteiger partial charge in [-0.05, 0) is 32.1 Å². The van der Waals surface area contributed by atoms with Crippen LogP contribution in [0.15, 0.2) is 16.5 Å². The number of thioether (sulfide) groups is 1. The number of aromatic nitrogens is 2. The summed E-state index contributed by atoms with van der Waals surface area (Å²) in [6, 6.07) is 0. The predicted octanol–water partition coefficient (Wildman–Crippen LogP) is 3.62. The molecule has 2 aliphatic rings. The molecule has 0 aromatic carbocycles. The molecule has 1 atom stereocenters. The van der Waals surface area contributed by atoms with Gasteiger partial charge < -0.3 is 0 Å². The van der Waals surface area contributed by atoms with Crippen LogP contribution < -0.4 is 0 Å². The monoisotopic (exact) mass is 238 g/mol. The maximum Gasteiger partial charge on any atom is 0.174 e. The van der Waals surface area contributed by atoms with Crippen LogP contribution in [0.1, 0.15) is 43.0 Å². The van der Waals surface area contributed by atoms with Crippen molar-refractivity contribution < 1.29 is 0 Å². The first-order chi connectivity index (χ1) is 7.42. The van der Waals surface area contributed by atoms with Crippen LogP contribution in [0.25, 0.3) is 0 Å². The molecule has 0 saturated heterocycles. The Balaban J connectivity index is 1.65. The first-order valence-electron chi connectivity index (χ1n) is 5.58. The Morgan fingerprint density at radius 1 is 1.27 bits per heavy atom. The predicted molar refractivity (Wildman–Crippen MR) is 64.5 cm³/mol. The van der Waals surface area contributed by atoms with Gasteiger partial charge in [0.25, 0.3) is 0 Å². The Morgan fingerprint density at radius 3 is 2.93 bits per heavy atom. The quantitative estimate of drug-likeness (QED) is 0.752. The summed E-state index contributed by atoms with van der Waals surface area (Å²) in [5, 5.41) is 10.4. The van der Waals surface area contributed by atoms with E-state index in [9.17, 15) is 0 Å². The van der Waals surface area contributed by atoms with E-state index < -0.39 is 0 Å². The lowest BCUT2D eigenvalue weighted by Gasteiger charge is -2.13. The van der Waals surface area contributed by atoms with E-state index >= 15 is 0 Å². The SMILES string of the molecule is C1=C[C@H](Sc2nnc(C3CC3)s2)CCC1. The molecular formula is C11H14N2S2. The lowest BCUT2D eigenvalue weighted by Crippen LogP contribution is -2.01. The van der Waals surface area contributed by atoms with Gasteiger partial charge in [0, 0.05) is 11.2 Å². The largest absolute Gasteiger partial charge is 0.174 e. The van der Waals surface area contributed by atoms with E-state index in [1.165, 1.54) is 37.1 Å². The zero-order valence-corrected chi connectivity index (χ0v) is 10.2. The van der Waals surface area contributed by atoms with E-state index in [1.807, 2.05) is 11.8 Å². The number of hydrogen-bond acceptors (Lipinski definition) is 4. The van der Waals surface area contributed by atoms with Crippen molar-refractivity contribution in [3.63, 3.8) is 0 Å². The molecule has 0 amide bonds. The van der Waals surface area contributed by atoms with Gasteiger partial charge in [0.2, 0.25) is 0 Å². The van der Waals surface area contributed by atoms with Gasteiger partial charge in [0.05, 0.1) is 0 Å². The van der Waals surface area contributed by atoms with Gasteiger partial charge in [-0.25, -0.2) is 0 Å². The molecule has 3 rings (SSSR count). The molecule has 1 aromatic heterocycles. The van der Waals surface area contributed by atoms with E-state index in [0.29, 0.717) is 5.25 Å². The Morgan fingerprint density at radius 2 is 2.20 bits per heavy atom. The minimum atomic E-state index is 0.638. The third-order valence-electron chi connectivity index (χ3n) is 2.81. The molecule has 0 spiro atoms. The van der Waals surface area contributed by atoms with Crippen LogP contribution in [0, 0.1) is 0 Å². The van der Waals surface area contributed by atoms with Crippen molar-refractivity contribution in [1.82, 2.24) is 10.2 Å². The highest BCUT2D eigenvalue weighted by Crippen LogP contribution is 2.43. The topological polar surface area (TPSA) is 25.8 Å². The Labute approximate surface area is 98.2 Å². The number of nitrogens with zero attached hydrogens (tertiary/aromatic N) is 2. The van der Waals surface area contributed by atoms with Crippen LogP contribution in [0.2, 0.25) is 0 Å². The lowest BCUT2D eigenvalue weighted by molar-refractivity contribution is 0.740. The van der Waals surface area contributed by atoms with Crippen molar-refractivity contribution in [2.45, 2.75) is 47.6 Å². The smallest absolute Gasteiger partial charge is 0.142 e. The van der Waals surface area contributed by atoms with Gasteiger partial charge in [-0.1, -0.05) is 35.3 Å². The summed E-state index contributed by atoms with van der Waals surface area (Å²) in [4.78, 5) is 0. The van der Waals surface area contributed by atoms with Crippen LogP contribution in [0.4, 0.5) is 0 Å². The highest BCUT2D eigenvalue weighted by Gasteiger charge is 2.27. The highest BCUT2D eigenvalue weighted by molar-refractivity contribution is 8.01. The number of rotatable bonds is 3. The van der Waals surface area contributed by atoms with Gasteiger partial charge >= 0.3 is 0 Å². The molecule has 4 heteroatoms. The zero-order valence-electron chi connectivity index (χ0n) is 8.56. The molecular weight excluding hydrogens is 224 g/mol. The zero-order chi connectivity index (χ0) is 10.1. The molecule has 1 heterocycles. The van der Waals surface area contributed by atoms with Gasteiger partial charge in [0.1, 0.15) is 5.01 Å². The molecule has 1 aromatic rings. The number of hydrogen-bond donors (Lipinski definition) is 0. The molecule has 2 aliphatic carbocycles. The van der Waals surface area contributed by atoms with E-state index in [-0.39, 0.29) is 0 Å². The molecule has 2 nitrogen and oxygen atoms in total. The molecule has 1 saturated carbocycles. The Bertz CT molecular complexity index is 368. The molecule has 0 N–H and O–H groups in total. The molecule has 0 aliphatic heterocycles. The summed E-state index contributed by atoms with van der Waals surface area (Å²) in [6.07, 6.45) is 11.1. The van der Waals surface area contributed by atoms with Crippen molar-refractivity contribution in [2.75, 3.05) is 0 Å². The van der Waals surface area contributed by atoms with Crippen molar-refractivity contribution in [3.8, 4) is 0 Å². The summed E-state index contributed by atoms with van der Waals surface area (Å²) in [5.74, 6) is 0.749. The van der Waals surface area contributed by atoms with Crippen molar-refractivity contribution >= 4 is 23.1 Å². The lowest BCUT2D eigenvalue weighted by atomic mass is 10.1. The maximum atomic E-state index is 4.27. The van der Waals surface area contributed by atoms with Crippen LogP contribution >= 0.6 is 23.1 Å². The third-order valence-corrected chi connectivity index (χ3v) is 5.21. The Hall–Kier alpha value is -0.350. The summed E-state index contributed by atoms with van der Waals surface area (Å²) in [5.41, 5.74) is 0. The van der Waals surface area contributed by atoms with E-state index in [2.05, 4.69) is 22.3 Å². The highest BCUT2D eigenvalue weighted by atomic mass is 32.2. The minimum Gasteiger partial charge on any atom is -0.142 e. The summed E-state index contributed by atoms with van der Waals surface area (Å²) in [7, 11) is 0. The molecule has 1 fully saturated rings. The molecule has 15 heavy (non-hydrogen) atoms. The first kappa shape index (κ1) is 9.85. The third kappa shape index (κ3) is 2.42. The van der Waals surface area contributed by atoms with Gasteiger partial charge in [-0.15, -0.1) is 10.2 Å². The first-order valence-corrected chi connectivity index (χ1v) is 7.28. The van der Waals surface area contributed by atoms with Gasteiger partial charge in [-0.2, -0.15) is 0 Å². The molecule has 80 valence electrons. The standard InChI is InChI=1S/C11H14N2S2/c1-2-4-9(5-3-1)14-11-13-12-10(15-11)8-6-7-8/h2,4,8-9H,1,3,5-7H2/t9-/m0/s1.